The van der Waals surface area contributed by atoms with E-state index in [1.54, 1.807) is 6.20 Å². The van der Waals surface area contributed by atoms with E-state index in [0.717, 1.165) is 22.5 Å². The van der Waals surface area contributed by atoms with E-state index in [2.05, 4.69) is 9.97 Å². The summed E-state index contributed by atoms with van der Waals surface area (Å²) in [5.41, 5.74) is 16.1. The largest absolute Gasteiger partial charge is 0.383 e. The molecule has 0 saturated heterocycles. The summed E-state index contributed by atoms with van der Waals surface area (Å²) in [5, 5.41) is 0. The van der Waals surface area contributed by atoms with Gasteiger partial charge < -0.3 is 11.5 Å². The zero-order chi connectivity index (χ0) is 13.1. The number of rotatable bonds is 3. The minimum Gasteiger partial charge on any atom is -0.383 e. The van der Waals surface area contributed by atoms with Gasteiger partial charge in [-0.3, -0.25) is 4.98 Å². The lowest BCUT2D eigenvalue weighted by atomic mass is 9.99. The van der Waals surface area contributed by atoms with Crippen molar-refractivity contribution in [1.29, 1.82) is 0 Å². The van der Waals surface area contributed by atoms with E-state index < -0.39 is 0 Å². The van der Waals surface area contributed by atoms with Gasteiger partial charge in [-0.15, -0.1) is 0 Å². The van der Waals surface area contributed by atoms with Gasteiger partial charge >= 0.3 is 0 Å². The molecule has 0 aliphatic carbocycles. The highest BCUT2D eigenvalue weighted by atomic mass is 14.8. The molecule has 0 bridgehead atoms. The van der Waals surface area contributed by atoms with E-state index in [4.69, 9.17) is 11.5 Å². The van der Waals surface area contributed by atoms with Crippen LogP contribution < -0.4 is 11.5 Å². The third kappa shape index (κ3) is 2.84. The Morgan fingerprint density at radius 2 is 1.89 bits per heavy atom. The fourth-order valence-electron chi connectivity index (χ4n) is 2.06. The van der Waals surface area contributed by atoms with Crippen LogP contribution in [-0.2, 0) is 6.42 Å². The monoisotopic (exact) mass is 242 g/mol. The maximum atomic E-state index is 6.22. The molecule has 0 fully saturated rings. The van der Waals surface area contributed by atoms with Gasteiger partial charge in [0.15, 0.2) is 0 Å². The minimum absolute atomic E-state index is 0.0862. The second-order valence-corrected chi connectivity index (χ2v) is 4.54. The SMILES string of the molecule is Cc1cc(C(N)Cc2cccnc2N)cc(C)n1. The maximum absolute atomic E-state index is 6.22. The van der Waals surface area contributed by atoms with Crippen LogP contribution >= 0.6 is 0 Å². The number of nitrogen functional groups attached to an aromatic ring is 1. The predicted octanol–water partition coefficient (Wildman–Crippen LogP) is 1.92. The van der Waals surface area contributed by atoms with Gasteiger partial charge in [-0.25, -0.2) is 4.98 Å². The van der Waals surface area contributed by atoms with Crippen molar-refractivity contribution in [2.75, 3.05) is 5.73 Å². The molecule has 18 heavy (non-hydrogen) atoms. The third-order valence-corrected chi connectivity index (χ3v) is 2.90. The number of nitrogens with zero attached hydrogens (tertiary/aromatic N) is 2. The van der Waals surface area contributed by atoms with Crippen molar-refractivity contribution in [3.63, 3.8) is 0 Å². The van der Waals surface area contributed by atoms with Gasteiger partial charge in [-0.05, 0) is 49.6 Å². The highest BCUT2D eigenvalue weighted by Crippen LogP contribution is 2.19. The topological polar surface area (TPSA) is 77.8 Å². The van der Waals surface area contributed by atoms with Gasteiger partial charge in [-0.2, -0.15) is 0 Å². The normalized spacial score (nSPS) is 12.4. The van der Waals surface area contributed by atoms with Gasteiger partial charge in [0, 0.05) is 23.6 Å². The Hall–Kier alpha value is -1.94. The van der Waals surface area contributed by atoms with E-state index in [1.807, 2.05) is 38.1 Å². The molecule has 94 valence electrons. The molecule has 0 saturated carbocycles. The summed E-state index contributed by atoms with van der Waals surface area (Å²) < 4.78 is 0. The first-order chi connectivity index (χ1) is 8.56. The van der Waals surface area contributed by atoms with Crippen molar-refractivity contribution in [1.82, 2.24) is 9.97 Å². The van der Waals surface area contributed by atoms with Gasteiger partial charge in [0.25, 0.3) is 0 Å². The van der Waals surface area contributed by atoms with Gasteiger partial charge in [0.1, 0.15) is 5.82 Å². The molecule has 1 atom stereocenters. The third-order valence-electron chi connectivity index (χ3n) is 2.90. The first kappa shape index (κ1) is 12.5. The quantitative estimate of drug-likeness (QED) is 0.862. The molecule has 1 unspecified atom stereocenters. The van der Waals surface area contributed by atoms with Crippen molar-refractivity contribution in [3.8, 4) is 0 Å². The molecule has 2 aromatic rings. The van der Waals surface area contributed by atoms with E-state index in [0.29, 0.717) is 12.2 Å². The first-order valence-electron chi connectivity index (χ1n) is 5.96. The van der Waals surface area contributed by atoms with Crippen LogP contribution in [-0.4, -0.2) is 9.97 Å². The van der Waals surface area contributed by atoms with Crippen molar-refractivity contribution in [3.05, 3.63) is 53.0 Å². The average Bonchev–Trinajstić information content (AvgIpc) is 2.31. The molecule has 4 N–H and O–H groups in total. The number of hydrogen-bond donors (Lipinski definition) is 2. The molecular formula is C14H18N4. The van der Waals surface area contributed by atoms with Crippen LogP contribution in [0, 0.1) is 13.8 Å². The lowest BCUT2D eigenvalue weighted by Gasteiger charge is -2.14. The molecule has 2 heterocycles. The van der Waals surface area contributed by atoms with Crippen molar-refractivity contribution in [2.24, 2.45) is 5.73 Å². The molecule has 0 amide bonds. The molecule has 0 aliphatic heterocycles. The van der Waals surface area contributed by atoms with Crippen LogP contribution in [0.4, 0.5) is 5.82 Å². The van der Waals surface area contributed by atoms with Crippen molar-refractivity contribution >= 4 is 5.82 Å². The molecule has 2 aromatic heterocycles. The van der Waals surface area contributed by atoms with Crippen LogP contribution in [0.1, 0.15) is 28.6 Å². The number of hydrogen-bond acceptors (Lipinski definition) is 4. The number of pyridine rings is 2. The number of nitrogens with two attached hydrogens (primary N) is 2. The van der Waals surface area contributed by atoms with Crippen LogP contribution in [0.15, 0.2) is 30.5 Å². The predicted molar refractivity (Wildman–Crippen MR) is 73.0 cm³/mol. The lowest BCUT2D eigenvalue weighted by molar-refractivity contribution is 0.717. The average molecular weight is 242 g/mol. The lowest BCUT2D eigenvalue weighted by Crippen LogP contribution is -2.15. The van der Waals surface area contributed by atoms with Crippen molar-refractivity contribution < 1.29 is 0 Å². The van der Waals surface area contributed by atoms with Crippen LogP contribution in [0.5, 0.6) is 0 Å². The van der Waals surface area contributed by atoms with Crippen LogP contribution in [0.3, 0.4) is 0 Å². The summed E-state index contributed by atoms with van der Waals surface area (Å²) in [6, 6.07) is 7.79. The van der Waals surface area contributed by atoms with E-state index in [1.165, 1.54) is 0 Å². The van der Waals surface area contributed by atoms with Crippen LogP contribution in [0.25, 0.3) is 0 Å². The molecular weight excluding hydrogens is 224 g/mol. The highest BCUT2D eigenvalue weighted by molar-refractivity contribution is 5.40. The fraction of sp³-hybridized carbons (Fsp3) is 0.286. The van der Waals surface area contributed by atoms with Crippen molar-refractivity contribution in [2.45, 2.75) is 26.3 Å². The number of anilines is 1. The zero-order valence-electron chi connectivity index (χ0n) is 10.7. The van der Waals surface area contributed by atoms with E-state index in [9.17, 15) is 0 Å². The Labute approximate surface area is 107 Å². The maximum Gasteiger partial charge on any atom is 0.126 e. The summed E-state index contributed by atoms with van der Waals surface area (Å²) in [6.45, 7) is 3.95. The van der Waals surface area contributed by atoms with E-state index in [-0.39, 0.29) is 6.04 Å². The summed E-state index contributed by atoms with van der Waals surface area (Å²) >= 11 is 0. The Balaban J connectivity index is 2.22. The van der Waals surface area contributed by atoms with Gasteiger partial charge in [0.05, 0.1) is 0 Å². The molecule has 2 rings (SSSR count). The van der Waals surface area contributed by atoms with Crippen LogP contribution in [0.2, 0.25) is 0 Å². The molecule has 0 radical (unpaired) electrons. The molecule has 4 heteroatoms. The number of aromatic nitrogens is 2. The minimum atomic E-state index is -0.0862. The Kier molecular flexibility index (Phi) is 3.58. The summed E-state index contributed by atoms with van der Waals surface area (Å²) in [7, 11) is 0. The second-order valence-electron chi connectivity index (χ2n) is 4.54. The standard InChI is InChI=1S/C14H18N4/c1-9-6-12(7-10(2)18-9)13(15)8-11-4-3-5-17-14(11)16/h3-7,13H,8,15H2,1-2H3,(H2,16,17). The smallest absolute Gasteiger partial charge is 0.126 e. The second kappa shape index (κ2) is 5.14. The summed E-state index contributed by atoms with van der Waals surface area (Å²) in [4.78, 5) is 8.42. The Morgan fingerprint density at radius 1 is 1.22 bits per heavy atom. The first-order valence-corrected chi connectivity index (χ1v) is 5.96. The fourth-order valence-corrected chi connectivity index (χ4v) is 2.06. The molecule has 4 nitrogen and oxygen atoms in total. The number of aryl methyl sites for hydroxylation is 2. The summed E-state index contributed by atoms with van der Waals surface area (Å²) in [5.74, 6) is 0.551. The molecule has 0 aromatic carbocycles. The zero-order valence-corrected chi connectivity index (χ0v) is 10.7. The summed E-state index contributed by atoms with van der Waals surface area (Å²) in [6.07, 6.45) is 2.37. The Bertz CT molecular complexity index is 531. The van der Waals surface area contributed by atoms with Gasteiger partial charge in [0.2, 0.25) is 0 Å². The Morgan fingerprint density at radius 3 is 2.50 bits per heavy atom. The highest BCUT2D eigenvalue weighted by Gasteiger charge is 2.10. The molecule has 0 aliphatic rings. The van der Waals surface area contributed by atoms with Gasteiger partial charge in [-0.1, -0.05) is 6.07 Å². The molecule has 0 spiro atoms. The van der Waals surface area contributed by atoms with E-state index >= 15 is 0 Å².